The number of rotatable bonds is 5. The van der Waals surface area contributed by atoms with Gasteiger partial charge in [-0.3, -0.25) is 9.69 Å². The van der Waals surface area contributed by atoms with Crippen molar-refractivity contribution < 1.29 is 9.53 Å². The second-order valence-electron chi connectivity index (χ2n) is 7.85. The predicted octanol–water partition coefficient (Wildman–Crippen LogP) is 3.73. The number of carbonyl (C=O) groups is 1. The van der Waals surface area contributed by atoms with E-state index in [-0.39, 0.29) is 17.9 Å². The lowest BCUT2D eigenvalue weighted by atomic mass is 9.44. The summed E-state index contributed by atoms with van der Waals surface area (Å²) in [4.78, 5) is 14.9. The van der Waals surface area contributed by atoms with E-state index in [2.05, 4.69) is 50.1 Å². The van der Waals surface area contributed by atoms with Gasteiger partial charge in [0.1, 0.15) is 0 Å². The molecule has 0 saturated heterocycles. The smallest absolute Gasteiger partial charge is 0.310 e. The first-order valence-electron chi connectivity index (χ1n) is 8.86. The van der Waals surface area contributed by atoms with Crippen molar-refractivity contribution in [2.45, 2.75) is 46.2 Å². The van der Waals surface area contributed by atoms with E-state index in [1.165, 1.54) is 12.0 Å². The zero-order valence-corrected chi connectivity index (χ0v) is 14.8. The van der Waals surface area contributed by atoms with Gasteiger partial charge in [0, 0.05) is 12.6 Å². The molecule has 4 rings (SSSR count). The molecule has 3 aliphatic carbocycles. The summed E-state index contributed by atoms with van der Waals surface area (Å²) in [5, 5.41) is 0. The summed E-state index contributed by atoms with van der Waals surface area (Å²) < 4.78 is 5.38. The molecule has 1 aromatic rings. The highest BCUT2D eigenvalue weighted by molar-refractivity contribution is 5.74. The molecule has 1 aromatic carbocycles. The molecule has 23 heavy (non-hydrogen) atoms. The van der Waals surface area contributed by atoms with Gasteiger partial charge in [-0.25, -0.2) is 0 Å². The maximum Gasteiger partial charge on any atom is 0.310 e. The van der Waals surface area contributed by atoms with E-state index < -0.39 is 0 Å². The Labute approximate surface area is 140 Å². The average Bonchev–Trinajstić information content (AvgIpc) is 2.55. The zero-order valence-electron chi connectivity index (χ0n) is 14.8. The van der Waals surface area contributed by atoms with E-state index in [1.54, 1.807) is 0 Å². The van der Waals surface area contributed by atoms with Crippen molar-refractivity contribution in [3.05, 3.63) is 35.9 Å². The SMILES string of the molecule is CCOC(=O)[C@H]1C[C@H]2C[C@@H]([C@H]1N(C)Cc1ccccc1)C2(C)C. The van der Waals surface area contributed by atoms with Crippen molar-refractivity contribution in [2.75, 3.05) is 13.7 Å². The molecule has 0 heterocycles. The molecule has 0 aliphatic heterocycles. The molecule has 3 nitrogen and oxygen atoms in total. The lowest BCUT2D eigenvalue weighted by Crippen LogP contribution is -2.64. The van der Waals surface area contributed by atoms with Crippen LogP contribution in [0.1, 0.15) is 39.2 Å². The zero-order chi connectivity index (χ0) is 16.6. The third-order valence-corrected chi connectivity index (χ3v) is 6.28. The third kappa shape index (κ3) is 2.91. The van der Waals surface area contributed by atoms with E-state index in [9.17, 15) is 4.79 Å². The minimum absolute atomic E-state index is 0.00242. The molecule has 126 valence electrons. The standard InChI is InChI=1S/C20H29NO2/c1-5-23-19(22)16-11-15-12-17(20(15,2)3)18(16)21(4)13-14-9-7-6-8-10-14/h6-10,15-18H,5,11-13H2,1-4H3/t15-,16-,17-,18-/m0/s1. The number of fused-ring (bicyclic) bond motifs is 2. The summed E-state index contributed by atoms with van der Waals surface area (Å²) in [6.07, 6.45) is 2.23. The molecule has 3 aliphatic rings. The molecule has 3 saturated carbocycles. The number of ether oxygens (including phenoxy) is 1. The fourth-order valence-electron chi connectivity index (χ4n) is 4.84. The van der Waals surface area contributed by atoms with Crippen molar-refractivity contribution in [3.63, 3.8) is 0 Å². The van der Waals surface area contributed by atoms with Crippen molar-refractivity contribution in [2.24, 2.45) is 23.2 Å². The van der Waals surface area contributed by atoms with Gasteiger partial charge < -0.3 is 4.74 Å². The Kier molecular flexibility index (Phi) is 4.50. The van der Waals surface area contributed by atoms with E-state index >= 15 is 0 Å². The van der Waals surface area contributed by atoms with Crippen LogP contribution in [0.5, 0.6) is 0 Å². The van der Waals surface area contributed by atoms with E-state index in [4.69, 9.17) is 4.74 Å². The number of nitrogens with zero attached hydrogens (tertiary/aromatic N) is 1. The van der Waals surface area contributed by atoms with Crippen LogP contribution >= 0.6 is 0 Å². The largest absolute Gasteiger partial charge is 0.466 e. The van der Waals surface area contributed by atoms with Gasteiger partial charge in [-0.05, 0) is 49.6 Å². The van der Waals surface area contributed by atoms with Gasteiger partial charge in [-0.15, -0.1) is 0 Å². The highest BCUT2D eigenvalue weighted by atomic mass is 16.5. The maximum absolute atomic E-state index is 12.5. The molecule has 4 atom stereocenters. The Bertz CT molecular complexity index is 554. The van der Waals surface area contributed by atoms with Gasteiger partial charge in [0.15, 0.2) is 0 Å². The highest BCUT2D eigenvalue weighted by Gasteiger charge is 2.60. The van der Waals surface area contributed by atoms with Crippen molar-refractivity contribution in [1.82, 2.24) is 4.90 Å². The quantitative estimate of drug-likeness (QED) is 0.775. The second-order valence-corrected chi connectivity index (χ2v) is 7.85. The Hall–Kier alpha value is -1.35. The molecular weight excluding hydrogens is 286 g/mol. The lowest BCUT2D eigenvalue weighted by molar-refractivity contribution is -0.178. The van der Waals surface area contributed by atoms with Crippen LogP contribution in [-0.4, -0.2) is 30.6 Å². The monoisotopic (exact) mass is 315 g/mol. The Balaban J connectivity index is 1.80. The fourth-order valence-corrected chi connectivity index (χ4v) is 4.84. The van der Waals surface area contributed by atoms with Crippen molar-refractivity contribution in [1.29, 1.82) is 0 Å². The van der Waals surface area contributed by atoms with Gasteiger partial charge in [0.2, 0.25) is 0 Å². The minimum Gasteiger partial charge on any atom is -0.466 e. The van der Waals surface area contributed by atoms with Gasteiger partial charge in [0.05, 0.1) is 12.5 Å². The average molecular weight is 315 g/mol. The fraction of sp³-hybridized carbons (Fsp3) is 0.650. The van der Waals surface area contributed by atoms with Crippen LogP contribution in [-0.2, 0) is 16.1 Å². The predicted molar refractivity (Wildman–Crippen MR) is 91.8 cm³/mol. The van der Waals surface area contributed by atoms with E-state index in [0.717, 1.165) is 13.0 Å². The summed E-state index contributed by atoms with van der Waals surface area (Å²) in [5.74, 6) is 1.29. The highest BCUT2D eigenvalue weighted by Crippen LogP contribution is 2.61. The molecule has 0 N–H and O–H groups in total. The molecule has 0 aromatic heterocycles. The number of benzene rings is 1. The third-order valence-electron chi connectivity index (χ3n) is 6.28. The van der Waals surface area contributed by atoms with Crippen LogP contribution in [0.15, 0.2) is 30.3 Å². The summed E-state index contributed by atoms with van der Waals surface area (Å²) in [6.45, 7) is 8.00. The molecule has 2 bridgehead atoms. The minimum atomic E-state index is 0.00242. The lowest BCUT2D eigenvalue weighted by Gasteiger charge is -2.63. The van der Waals surface area contributed by atoms with E-state index in [0.29, 0.717) is 23.9 Å². The summed E-state index contributed by atoms with van der Waals surface area (Å²) in [6, 6.07) is 10.8. The number of hydrogen-bond acceptors (Lipinski definition) is 3. The van der Waals surface area contributed by atoms with Gasteiger partial charge in [-0.1, -0.05) is 44.2 Å². The first kappa shape index (κ1) is 16.5. The Morgan fingerprint density at radius 3 is 2.57 bits per heavy atom. The van der Waals surface area contributed by atoms with Gasteiger partial charge >= 0.3 is 5.97 Å². The Morgan fingerprint density at radius 2 is 1.96 bits per heavy atom. The first-order valence-corrected chi connectivity index (χ1v) is 8.86. The topological polar surface area (TPSA) is 29.5 Å². The van der Waals surface area contributed by atoms with Gasteiger partial charge in [0.25, 0.3) is 0 Å². The number of carbonyl (C=O) groups excluding carboxylic acids is 1. The first-order chi connectivity index (χ1) is 10.9. The van der Waals surface area contributed by atoms with Crippen LogP contribution < -0.4 is 0 Å². The van der Waals surface area contributed by atoms with Crippen LogP contribution in [0.4, 0.5) is 0 Å². The van der Waals surface area contributed by atoms with Crippen LogP contribution in [0, 0.1) is 23.2 Å². The van der Waals surface area contributed by atoms with Crippen LogP contribution in [0.25, 0.3) is 0 Å². The molecule has 0 unspecified atom stereocenters. The number of hydrogen-bond donors (Lipinski definition) is 0. The van der Waals surface area contributed by atoms with E-state index in [1.807, 2.05) is 13.0 Å². The number of esters is 1. The molecule has 0 spiro atoms. The maximum atomic E-state index is 12.5. The normalized spacial score (nSPS) is 31.5. The van der Waals surface area contributed by atoms with Gasteiger partial charge in [-0.2, -0.15) is 0 Å². The Morgan fingerprint density at radius 1 is 1.26 bits per heavy atom. The second kappa shape index (κ2) is 6.27. The van der Waals surface area contributed by atoms with Crippen molar-refractivity contribution in [3.8, 4) is 0 Å². The molecule has 3 fully saturated rings. The van der Waals surface area contributed by atoms with Crippen molar-refractivity contribution >= 4 is 5.97 Å². The molecule has 0 amide bonds. The molecule has 0 radical (unpaired) electrons. The molecular formula is C20H29NO2. The summed E-state index contributed by atoms with van der Waals surface area (Å²) >= 11 is 0. The summed E-state index contributed by atoms with van der Waals surface area (Å²) in [7, 11) is 2.17. The van der Waals surface area contributed by atoms with Crippen LogP contribution in [0.3, 0.4) is 0 Å². The molecule has 3 heteroatoms. The summed E-state index contributed by atoms with van der Waals surface area (Å²) in [5.41, 5.74) is 1.65. The van der Waals surface area contributed by atoms with Crippen LogP contribution in [0.2, 0.25) is 0 Å².